The molecule has 0 aromatic heterocycles. The van der Waals surface area contributed by atoms with Gasteiger partial charge in [0.05, 0.1) is 0 Å². The molecule has 2 aromatic carbocycles. The zero-order chi connectivity index (χ0) is 13.7. The number of aryl methyl sites for hydroxylation is 1. The molecule has 0 radical (unpaired) electrons. The van der Waals surface area contributed by atoms with Crippen LogP contribution in [0.5, 0.6) is 0 Å². The van der Waals surface area contributed by atoms with E-state index in [0.717, 1.165) is 16.8 Å². The van der Waals surface area contributed by atoms with Gasteiger partial charge in [-0.2, -0.15) is 0 Å². The van der Waals surface area contributed by atoms with Gasteiger partial charge in [0.2, 0.25) is 0 Å². The Labute approximate surface area is 112 Å². The van der Waals surface area contributed by atoms with Gasteiger partial charge in [0.1, 0.15) is 0 Å². The van der Waals surface area contributed by atoms with Crippen molar-refractivity contribution >= 4 is 11.5 Å². The summed E-state index contributed by atoms with van der Waals surface area (Å²) in [5.41, 5.74) is 9.64. The van der Waals surface area contributed by atoms with Crippen molar-refractivity contribution < 1.29 is 5.21 Å². The Kier molecular flexibility index (Phi) is 4.03. The lowest BCUT2D eigenvalue weighted by molar-refractivity contribution is 0.318. The van der Waals surface area contributed by atoms with E-state index in [-0.39, 0.29) is 5.84 Å². The molecule has 0 heterocycles. The fraction of sp³-hybridized carbons (Fsp3) is 0.133. The summed E-state index contributed by atoms with van der Waals surface area (Å²) in [6.45, 7) is 2.67. The van der Waals surface area contributed by atoms with Crippen molar-refractivity contribution in [3.8, 4) is 0 Å². The molecule has 98 valence electrons. The molecule has 0 atom stereocenters. The number of hydrogen-bond acceptors (Lipinski definition) is 3. The first-order valence-electron chi connectivity index (χ1n) is 6.07. The van der Waals surface area contributed by atoms with E-state index in [1.54, 1.807) is 0 Å². The van der Waals surface area contributed by atoms with Crippen molar-refractivity contribution in [3.05, 3.63) is 65.2 Å². The summed E-state index contributed by atoms with van der Waals surface area (Å²) >= 11 is 0. The van der Waals surface area contributed by atoms with Crippen LogP contribution in [0.1, 0.15) is 16.7 Å². The zero-order valence-electron chi connectivity index (χ0n) is 10.8. The van der Waals surface area contributed by atoms with Gasteiger partial charge in [0, 0.05) is 17.8 Å². The van der Waals surface area contributed by atoms with Crippen LogP contribution in [-0.2, 0) is 6.54 Å². The molecule has 0 bridgehead atoms. The molecule has 0 fully saturated rings. The zero-order valence-corrected chi connectivity index (χ0v) is 10.8. The second-order valence-corrected chi connectivity index (χ2v) is 4.37. The highest BCUT2D eigenvalue weighted by Crippen LogP contribution is 2.14. The fourth-order valence-corrected chi connectivity index (χ4v) is 1.93. The molecule has 2 rings (SSSR count). The number of nitrogens with two attached hydrogens (primary N) is 1. The van der Waals surface area contributed by atoms with E-state index < -0.39 is 0 Å². The topological polar surface area (TPSA) is 70.6 Å². The maximum Gasteiger partial charge on any atom is 0.170 e. The van der Waals surface area contributed by atoms with Crippen molar-refractivity contribution in [2.45, 2.75) is 13.5 Å². The normalized spacial score (nSPS) is 11.3. The standard InChI is InChI=1S/C15H17N3O/c1-11-5-4-7-13(9-11)17-10-12-6-2-3-8-14(12)15(16)18-19/h2-9,17,19H,10H2,1H3,(H2,16,18). The lowest BCUT2D eigenvalue weighted by Crippen LogP contribution is -2.16. The van der Waals surface area contributed by atoms with E-state index in [1.807, 2.05) is 36.4 Å². The summed E-state index contributed by atoms with van der Waals surface area (Å²) < 4.78 is 0. The Morgan fingerprint density at radius 2 is 2.00 bits per heavy atom. The predicted octanol–water partition coefficient (Wildman–Crippen LogP) is 2.70. The third-order valence-electron chi connectivity index (χ3n) is 2.90. The molecule has 0 aliphatic heterocycles. The van der Waals surface area contributed by atoms with Crippen LogP contribution in [0.4, 0.5) is 5.69 Å². The van der Waals surface area contributed by atoms with Crippen molar-refractivity contribution in [1.29, 1.82) is 0 Å². The van der Waals surface area contributed by atoms with Crippen LogP contribution in [0.15, 0.2) is 53.7 Å². The largest absolute Gasteiger partial charge is 0.409 e. The predicted molar refractivity (Wildman–Crippen MR) is 77.5 cm³/mol. The van der Waals surface area contributed by atoms with E-state index in [2.05, 4.69) is 29.5 Å². The van der Waals surface area contributed by atoms with Gasteiger partial charge >= 0.3 is 0 Å². The molecular formula is C15H17N3O. The molecule has 2 aromatic rings. The monoisotopic (exact) mass is 255 g/mol. The van der Waals surface area contributed by atoms with Gasteiger partial charge in [-0.25, -0.2) is 0 Å². The third kappa shape index (κ3) is 3.25. The number of benzene rings is 2. The van der Waals surface area contributed by atoms with Gasteiger partial charge in [-0.05, 0) is 30.2 Å². The van der Waals surface area contributed by atoms with Crippen LogP contribution >= 0.6 is 0 Å². The molecule has 19 heavy (non-hydrogen) atoms. The van der Waals surface area contributed by atoms with Gasteiger partial charge in [0.25, 0.3) is 0 Å². The van der Waals surface area contributed by atoms with Gasteiger partial charge in [0.15, 0.2) is 5.84 Å². The molecule has 4 N–H and O–H groups in total. The average Bonchev–Trinajstić information content (AvgIpc) is 2.45. The third-order valence-corrected chi connectivity index (χ3v) is 2.90. The first-order valence-corrected chi connectivity index (χ1v) is 6.07. The number of oxime groups is 1. The SMILES string of the molecule is Cc1cccc(NCc2ccccc2C(N)=NO)c1. The number of amidine groups is 1. The van der Waals surface area contributed by atoms with Crippen molar-refractivity contribution in [1.82, 2.24) is 0 Å². The molecule has 0 saturated heterocycles. The fourth-order valence-electron chi connectivity index (χ4n) is 1.93. The maximum absolute atomic E-state index is 8.78. The molecule has 0 aliphatic rings. The molecule has 4 heteroatoms. The molecular weight excluding hydrogens is 238 g/mol. The molecule has 4 nitrogen and oxygen atoms in total. The van der Waals surface area contributed by atoms with Crippen LogP contribution in [-0.4, -0.2) is 11.0 Å². The van der Waals surface area contributed by atoms with Gasteiger partial charge in [-0.3, -0.25) is 0 Å². The Bertz CT molecular complexity index is 593. The Morgan fingerprint density at radius 1 is 1.21 bits per heavy atom. The summed E-state index contributed by atoms with van der Waals surface area (Å²) in [7, 11) is 0. The highest BCUT2D eigenvalue weighted by Gasteiger charge is 2.05. The van der Waals surface area contributed by atoms with Crippen LogP contribution in [0.2, 0.25) is 0 Å². The first kappa shape index (κ1) is 13.0. The van der Waals surface area contributed by atoms with E-state index in [4.69, 9.17) is 10.9 Å². The lowest BCUT2D eigenvalue weighted by atomic mass is 10.1. The Morgan fingerprint density at radius 3 is 2.74 bits per heavy atom. The minimum Gasteiger partial charge on any atom is -0.409 e. The van der Waals surface area contributed by atoms with E-state index in [1.165, 1.54) is 5.56 Å². The van der Waals surface area contributed by atoms with Crippen molar-refractivity contribution in [3.63, 3.8) is 0 Å². The number of nitrogens with zero attached hydrogens (tertiary/aromatic N) is 1. The summed E-state index contributed by atoms with van der Waals surface area (Å²) in [4.78, 5) is 0. The van der Waals surface area contributed by atoms with E-state index in [0.29, 0.717) is 6.54 Å². The molecule has 0 aliphatic carbocycles. The maximum atomic E-state index is 8.78. The van der Waals surface area contributed by atoms with E-state index >= 15 is 0 Å². The minimum absolute atomic E-state index is 0.127. The number of nitrogens with one attached hydrogen (secondary N) is 1. The second-order valence-electron chi connectivity index (χ2n) is 4.37. The highest BCUT2D eigenvalue weighted by atomic mass is 16.4. The van der Waals surface area contributed by atoms with E-state index in [9.17, 15) is 0 Å². The van der Waals surface area contributed by atoms with Crippen LogP contribution < -0.4 is 11.1 Å². The summed E-state index contributed by atoms with van der Waals surface area (Å²) in [5, 5.41) is 15.2. The second kappa shape index (κ2) is 5.91. The lowest BCUT2D eigenvalue weighted by Gasteiger charge is -2.11. The van der Waals surface area contributed by atoms with Crippen molar-refractivity contribution in [2.75, 3.05) is 5.32 Å². The van der Waals surface area contributed by atoms with Crippen molar-refractivity contribution in [2.24, 2.45) is 10.9 Å². The van der Waals surface area contributed by atoms with Crippen LogP contribution in [0, 0.1) is 6.92 Å². The average molecular weight is 255 g/mol. The molecule has 0 amide bonds. The number of anilines is 1. The summed E-state index contributed by atoms with van der Waals surface area (Å²) in [6.07, 6.45) is 0. The smallest absolute Gasteiger partial charge is 0.170 e. The van der Waals surface area contributed by atoms with Crippen LogP contribution in [0.3, 0.4) is 0 Å². The highest BCUT2D eigenvalue weighted by molar-refractivity contribution is 5.98. The minimum atomic E-state index is 0.127. The first-order chi connectivity index (χ1) is 9.20. The number of hydrogen-bond donors (Lipinski definition) is 3. The van der Waals surface area contributed by atoms with Gasteiger partial charge in [-0.1, -0.05) is 41.6 Å². The number of rotatable bonds is 4. The summed E-state index contributed by atoms with van der Waals surface area (Å²) in [6, 6.07) is 15.7. The van der Waals surface area contributed by atoms with Gasteiger partial charge < -0.3 is 16.3 Å². The summed E-state index contributed by atoms with van der Waals surface area (Å²) in [5.74, 6) is 0.127. The molecule has 0 saturated carbocycles. The quantitative estimate of drug-likeness (QED) is 0.340. The Balaban J connectivity index is 2.16. The Hall–Kier alpha value is -2.49. The molecule has 0 unspecified atom stereocenters. The van der Waals surface area contributed by atoms with Gasteiger partial charge in [-0.15, -0.1) is 0 Å². The van der Waals surface area contributed by atoms with Crippen LogP contribution in [0.25, 0.3) is 0 Å². The molecule has 0 spiro atoms.